The van der Waals surface area contributed by atoms with Gasteiger partial charge in [-0.05, 0) is 12.0 Å². The zero-order chi connectivity index (χ0) is 15.1. The van der Waals surface area contributed by atoms with Gasteiger partial charge < -0.3 is 5.32 Å². The van der Waals surface area contributed by atoms with Gasteiger partial charge in [-0.15, -0.1) is 11.6 Å². The van der Waals surface area contributed by atoms with Gasteiger partial charge >= 0.3 is 0 Å². The van der Waals surface area contributed by atoms with Crippen molar-refractivity contribution in [3.8, 4) is 0 Å². The second-order valence-electron chi connectivity index (χ2n) is 4.79. The molecule has 1 aromatic rings. The summed E-state index contributed by atoms with van der Waals surface area (Å²) in [7, 11) is 0. The monoisotopic (exact) mass is 303 g/mol. The van der Waals surface area contributed by atoms with Crippen molar-refractivity contribution in [1.29, 1.82) is 0 Å². The first kappa shape index (κ1) is 16.9. The van der Waals surface area contributed by atoms with Crippen molar-refractivity contribution >= 4 is 17.5 Å². The van der Waals surface area contributed by atoms with Crippen LogP contribution >= 0.6 is 11.6 Å². The van der Waals surface area contributed by atoms with Crippen LogP contribution in [0, 0.1) is 17.6 Å². The van der Waals surface area contributed by atoms with E-state index in [2.05, 4.69) is 5.32 Å². The van der Waals surface area contributed by atoms with Crippen LogP contribution in [0.4, 0.5) is 8.78 Å². The molecular weight excluding hydrogens is 284 g/mol. The SMILES string of the molecule is CCC(CC)C(Cl)CNC(=O)Cc1cccc(F)c1F. The molecule has 0 aromatic heterocycles. The van der Waals surface area contributed by atoms with Crippen LogP contribution in [0.25, 0.3) is 0 Å². The average molecular weight is 304 g/mol. The van der Waals surface area contributed by atoms with Gasteiger partial charge in [-0.25, -0.2) is 8.78 Å². The first-order valence-corrected chi connectivity index (χ1v) is 7.26. The molecule has 1 N–H and O–H groups in total. The molecule has 0 heterocycles. The van der Waals surface area contributed by atoms with Gasteiger partial charge in [0.2, 0.25) is 5.91 Å². The zero-order valence-electron chi connectivity index (χ0n) is 11.8. The lowest BCUT2D eigenvalue weighted by Crippen LogP contribution is -2.34. The van der Waals surface area contributed by atoms with E-state index in [4.69, 9.17) is 11.6 Å². The van der Waals surface area contributed by atoms with Gasteiger partial charge in [-0.2, -0.15) is 0 Å². The smallest absolute Gasteiger partial charge is 0.224 e. The van der Waals surface area contributed by atoms with E-state index < -0.39 is 11.6 Å². The van der Waals surface area contributed by atoms with Gasteiger partial charge in [0.05, 0.1) is 11.8 Å². The van der Waals surface area contributed by atoms with Crippen molar-refractivity contribution in [2.24, 2.45) is 5.92 Å². The number of benzene rings is 1. The van der Waals surface area contributed by atoms with E-state index in [1.165, 1.54) is 12.1 Å². The number of hydrogen-bond donors (Lipinski definition) is 1. The molecule has 0 saturated carbocycles. The lowest BCUT2D eigenvalue weighted by atomic mass is 9.99. The van der Waals surface area contributed by atoms with Crippen LogP contribution in [-0.4, -0.2) is 17.8 Å². The van der Waals surface area contributed by atoms with Gasteiger partial charge in [0, 0.05) is 12.1 Å². The highest BCUT2D eigenvalue weighted by molar-refractivity contribution is 6.21. The fourth-order valence-electron chi connectivity index (χ4n) is 2.10. The number of rotatable bonds is 7. The molecule has 0 spiro atoms. The number of carbonyl (C=O) groups excluding carboxylic acids is 1. The molecule has 1 atom stereocenters. The Morgan fingerprint density at radius 3 is 2.55 bits per heavy atom. The summed E-state index contributed by atoms with van der Waals surface area (Å²) in [4.78, 5) is 11.7. The van der Waals surface area contributed by atoms with Crippen molar-refractivity contribution in [3.05, 3.63) is 35.4 Å². The van der Waals surface area contributed by atoms with Crippen LogP contribution in [0.2, 0.25) is 0 Å². The molecule has 0 saturated heterocycles. The fourth-order valence-corrected chi connectivity index (χ4v) is 2.53. The van der Waals surface area contributed by atoms with E-state index in [0.717, 1.165) is 18.9 Å². The topological polar surface area (TPSA) is 29.1 Å². The Morgan fingerprint density at radius 2 is 1.95 bits per heavy atom. The largest absolute Gasteiger partial charge is 0.354 e. The normalized spacial score (nSPS) is 12.5. The van der Waals surface area contributed by atoms with Crippen LogP contribution in [0.15, 0.2) is 18.2 Å². The van der Waals surface area contributed by atoms with E-state index in [1.807, 2.05) is 13.8 Å². The fraction of sp³-hybridized carbons (Fsp3) is 0.533. The van der Waals surface area contributed by atoms with Crippen LogP contribution in [0.3, 0.4) is 0 Å². The number of halogens is 3. The molecule has 1 aromatic carbocycles. The summed E-state index contributed by atoms with van der Waals surface area (Å²) in [6.45, 7) is 4.44. The Morgan fingerprint density at radius 1 is 1.30 bits per heavy atom. The quantitative estimate of drug-likeness (QED) is 0.765. The number of alkyl halides is 1. The molecule has 5 heteroatoms. The lowest BCUT2D eigenvalue weighted by molar-refractivity contribution is -0.120. The number of nitrogens with one attached hydrogen (secondary N) is 1. The summed E-state index contributed by atoms with van der Waals surface area (Å²) in [5, 5.41) is 2.52. The van der Waals surface area contributed by atoms with Gasteiger partial charge in [0.25, 0.3) is 0 Å². The molecule has 1 unspecified atom stereocenters. The summed E-state index contributed by atoms with van der Waals surface area (Å²) in [6, 6.07) is 3.81. The van der Waals surface area contributed by atoms with Crippen molar-refractivity contribution in [2.45, 2.75) is 38.5 Å². The van der Waals surface area contributed by atoms with E-state index >= 15 is 0 Å². The van der Waals surface area contributed by atoms with Crippen molar-refractivity contribution in [2.75, 3.05) is 6.54 Å². The molecule has 0 aliphatic heterocycles. The molecule has 0 aliphatic rings. The molecule has 0 aliphatic carbocycles. The summed E-state index contributed by atoms with van der Waals surface area (Å²) >= 11 is 6.20. The van der Waals surface area contributed by atoms with Gasteiger partial charge in [-0.3, -0.25) is 4.79 Å². The highest BCUT2D eigenvalue weighted by Crippen LogP contribution is 2.18. The molecule has 1 amide bonds. The second-order valence-corrected chi connectivity index (χ2v) is 5.35. The van der Waals surface area contributed by atoms with Crippen LogP contribution < -0.4 is 5.32 Å². The Balaban J connectivity index is 2.50. The summed E-state index contributed by atoms with van der Waals surface area (Å²) < 4.78 is 26.4. The maximum atomic E-state index is 13.4. The van der Waals surface area contributed by atoms with Gasteiger partial charge in [0.1, 0.15) is 0 Å². The minimum absolute atomic E-state index is 0.0520. The van der Waals surface area contributed by atoms with E-state index in [1.54, 1.807) is 0 Å². The molecule has 1 rings (SSSR count). The first-order chi connectivity index (χ1) is 9.49. The van der Waals surface area contributed by atoms with Gasteiger partial charge in [-0.1, -0.05) is 38.8 Å². The highest BCUT2D eigenvalue weighted by Gasteiger charge is 2.17. The van der Waals surface area contributed by atoms with E-state index in [-0.39, 0.29) is 23.3 Å². The zero-order valence-corrected chi connectivity index (χ0v) is 12.5. The number of amides is 1. The lowest BCUT2D eigenvalue weighted by Gasteiger charge is -2.19. The first-order valence-electron chi connectivity index (χ1n) is 6.83. The van der Waals surface area contributed by atoms with E-state index in [0.29, 0.717) is 12.5 Å². The summed E-state index contributed by atoms with van der Waals surface area (Å²) in [5.74, 6) is -1.93. The minimum atomic E-state index is -0.968. The van der Waals surface area contributed by atoms with Crippen molar-refractivity contribution < 1.29 is 13.6 Å². The molecule has 2 nitrogen and oxygen atoms in total. The predicted molar refractivity (Wildman–Crippen MR) is 76.8 cm³/mol. The Hall–Kier alpha value is -1.16. The average Bonchev–Trinajstić information content (AvgIpc) is 2.43. The van der Waals surface area contributed by atoms with Crippen LogP contribution in [0.1, 0.15) is 32.3 Å². The molecular formula is C15H20ClF2NO. The maximum absolute atomic E-state index is 13.4. The minimum Gasteiger partial charge on any atom is -0.354 e. The second kappa shape index (κ2) is 8.20. The number of carbonyl (C=O) groups is 1. The maximum Gasteiger partial charge on any atom is 0.224 e. The summed E-state index contributed by atoms with van der Waals surface area (Å²) in [5.41, 5.74) is 0.0520. The Kier molecular flexibility index (Phi) is 6.93. The molecule has 0 radical (unpaired) electrons. The van der Waals surface area contributed by atoms with Crippen molar-refractivity contribution in [1.82, 2.24) is 5.32 Å². The molecule has 0 fully saturated rings. The predicted octanol–water partition coefficient (Wildman–Crippen LogP) is 3.67. The van der Waals surface area contributed by atoms with Crippen LogP contribution in [0.5, 0.6) is 0 Å². The van der Waals surface area contributed by atoms with Crippen molar-refractivity contribution in [3.63, 3.8) is 0 Å². The number of hydrogen-bond acceptors (Lipinski definition) is 1. The van der Waals surface area contributed by atoms with Crippen LogP contribution in [-0.2, 0) is 11.2 Å². The standard InChI is InChI=1S/C15H20ClF2NO/c1-3-10(4-2)12(16)9-19-14(20)8-11-6-5-7-13(17)15(11)18/h5-7,10,12H,3-4,8-9H2,1-2H3,(H,19,20). The van der Waals surface area contributed by atoms with E-state index in [9.17, 15) is 13.6 Å². The highest BCUT2D eigenvalue weighted by atomic mass is 35.5. The third-order valence-electron chi connectivity index (χ3n) is 3.44. The third-order valence-corrected chi connectivity index (χ3v) is 3.95. The molecule has 112 valence electrons. The summed E-state index contributed by atoms with van der Waals surface area (Å²) in [6.07, 6.45) is 1.70. The Bertz CT molecular complexity index is 449. The Labute approximate surface area is 123 Å². The van der Waals surface area contributed by atoms with Gasteiger partial charge in [0.15, 0.2) is 11.6 Å². The third kappa shape index (κ3) is 4.75. The molecule has 0 bridgehead atoms. The molecule has 20 heavy (non-hydrogen) atoms.